The minimum Gasteiger partial charge on any atom is -0.480 e. The first-order valence-corrected chi connectivity index (χ1v) is 7.67. The van der Waals surface area contributed by atoms with Crippen molar-refractivity contribution in [2.75, 3.05) is 5.75 Å². The number of carbonyl (C=O) groups excluding carboxylic acids is 1. The van der Waals surface area contributed by atoms with E-state index in [1.165, 1.54) is 0 Å². The smallest absolute Gasteiger partial charge is 0.326 e. The number of aliphatic carboxylic acids is 1. The molecule has 1 atom stereocenters. The van der Waals surface area contributed by atoms with Gasteiger partial charge in [0.15, 0.2) is 0 Å². The van der Waals surface area contributed by atoms with E-state index in [2.05, 4.69) is 5.32 Å². The summed E-state index contributed by atoms with van der Waals surface area (Å²) < 4.78 is 0. The minimum atomic E-state index is -0.970. The highest BCUT2D eigenvalue weighted by atomic mass is 32.2. The molecule has 0 aliphatic carbocycles. The van der Waals surface area contributed by atoms with Crippen LogP contribution in [-0.4, -0.2) is 28.8 Å². The fourth-order valence-corrected chi connectivity index (χ4v) is 2.61. The molecule has 0 aliphatic heterocycles. The SMILES string of the molecule is CC(C)C[C@H](NC(=O)CCSc1ccccc1)C(=O)O. The van der Waals surface area contributed by atoms with Gasteiger partial charge in [0, 0.05) is 17.1 Å². The average Bonchev–Trinajstić information content (AvgIpc) is 2.38. The van der Waals surface area contributed by atoms with Gasteiger partial charge in [-0.3, -0.25) is 4.79 Å². The van der Waals surface area contributed by atoms with E-state index in [-0.39, 0.29) is 11.8 Å². The molecular formula is C15H21NO3S. The van der Waals surface area contributed by atoms with Crippen LogP contribution in [0.1, 0.15) is 26.7 Å². The summed E-state index contributed by atoms with van der Waals surface area (Å²) in [5.74, 6) is -0.302. The molecule has 110 valence electrons. The van der Waals surface area contributed by atoms with Crippen molar-refractivity contribution in [3.8, 4) is 0 Å². The van der Waals surface area contributed by atoms with E-state index in [0.717, 1.165) is 4.90 Å². The van der Waals surface area contributed by atoms with Crippen LogP contribution in [0.4, 0.5) is 0 Å². The molecule has 0 aromatic heterocycles. The topological polar surface area (TPSA) is 66.4 Å². The Bertz CT molecular complexity index is 434. The molecule has 0 bridgehead atoms. The van der Waals surface area contributed by atoms with Gasteiger partial charge >= 0.3 is 5.97 Å². The van der Waals surface area contributed by atoms with Crippen molar-refractivity contribution in [3.63, 3.8) is 0 Å². The molecule has 0 spiro atoms. The lowest BCUT2D eigenvalue weighted by molar-refractivity contribution is -0.142. The van der Waals surface area contributed by atoms with Crippen molar-refractivity contribution >= 4 is 23.6 Å². The molecule has 5 heteroatoms. The van der Waals surface area contributed by atoms with Crippen LogP contribution in [0.3, 0.4) is 0 Å². The number of nitrogens with one attached hydrogen (secondary N) is 1. The van der Waals surface area contributed by atoms with E-state index >= 15 is 0 Å². The van der Waals surface area contributed by atoms with Crippen molar-refractivity contribution in [1.29, 1.82) is 0 Å². The first-order chi connectivity index (χ1) is 9.49. The Balaban J connectivity index is 2.33. The van der Waals surface area contributed by atoms with Gasteiger partial charge < -0.3 is 10.4 Å². The molecule has 1 amide bonds. The summed E-state index contributed by atoms with van der Waals surface area (Å²) in [6.45, 7) is 3.88. The van der Waals surface area contributed by atoms with E-state index in [1.54, 1.807) is 11.8 Å². The number of hydrogen-bond acceptors (Lipinski definition) is 3. The summed E-state index contributed by atoms with van der Waals surface area (Å²) in [5.41, 5.74) is 0. The van der Waals surface area contributed by atoms with Crippen LogP contribution in [0.5, 0.6) is 0 Å². The summed E-state index contributed by atoms with van der Waals surface area (Å²) in [5, 5.41) is 11.6. The van der Waals surface area contributed by atoms with Crippen LogP contribution < -0.4 is 5.32 Å². The molecule has 0 fully saturated rings. The van der Waals surface area contributed by atoms with Gasteiger partial charge in [-0.25, -0.2) is 4.79 Å². The van der Waals surface area contributed by atoms with Gasteiger partial charge in [0.25, 0.3) is 0 Å². The van der Waals surface area contributed by atoms with Crippen molar-refractivity contribution in [2.45, 2.75) is 37.6 Å². The fraction of sp³-hybridized carbons (Fsp3) is 0.467. The largest absolute Gasteiger partial charge is 0.480 e. The van der Waals surface area contributed by atoms with E-state index < -0.39 is 12.0 Å². The third-order valence-electron chi connectivity index (χ3n) is 2.68. The summed E-state index contributed by atoms with van der Waals surface area (Å²) >= 11 is 1.59. The normalized spacial score (nSPS) is 12.2. The van der Waals surface area contributed by atoms with E-state index in [0.29, 0.717) is 18.6 Å². The Morgan fingerprint density at radius 2 is 1.90 bits per heavy atom. The molecule has 0 aliphatic rings. The van der Waals surface area contributed by atoms with Gasteiger partial charge in [-0.15, -0.1) is 11.8 Å². The number of benzene rings is 1. The summed E-state index contributed by atoms with van der Waals surface area (Å²) in [7, 11) is 0. The Kier molecular flexibility index (Phi) is 7.15. The fourth-order valence-electron chi connectivity index (χ4n) is 1.74. The molecule has 0 saturated carbocycles. The van der Waals surface area contributed by atoms with Gasteiger partial charge in [0.2, 0.25) is 5.91 Å². The van der Waals surface area contributed by atoms with E-state index in [1.807, 2.05) is 44.2 Å². The Morgan fingerprint density at radius 3 is 2.45 bits per heavy atom. The summed E-state index contributed by atoms with van der Waals surface area (Å²) in [6.07, 6.45) is 0.772. The predicted octanol–water partition coefficient (Wildman–Crippen LogP) is 2.78. The summed E-state index contributed by atoms with van der Waals surface area (Å²) in [4.78, 5) is 23.9. The highest BCUT2D eigenvalue weighted by Gasteiger charge is 2.20. The highest BCUT2D eigenvalue weighted by molar-refractivity contribution is 7.99. The van der Waals surface area contributed by atoms with E-state index in [4.69, 9.17) is 5.11 Å². The Labute approximate surface area is 124 Å². The highest BCUT2D eigenvalue weighted by Crippen LogP contribution is 2.17. The molecule has 1 aromatic carbocycles. The maximum absolute atomic E-state index is 11.7. The van der Waals surface area contributed by atoms with Gasteiger partial charge in [-0.2, -0.15) is 0 Å². The van der Waals surface area contributed by atoms with Crippen molar-refractivity contribution in [3.05, 3.63) is 30.3 Å². The number of rotatable bonds is 8. The number of carboxylic acid groups (broad SMARTS) is 1. The molecule has 20 heavy (non-hydrogen) atoms. The quantitative estimate of drug-likeness (QED) is 0.724. The number of carboxylic acids is 1. The molecule has 0 saturated heterocycles. The lowest BCUT2D eigenvalue weighted by Gasteiger charge is -2.16. The molecule has 1 aromatic rings. The summed E-state index contributed by atoms with van der Waals surface area (Å²) in [6, 6.07) is 9.03. The zero-order chi connectivity index (χ0) is 15.0. The molecular weight excluding hydrogens is 274 g/mol. The second-order valence-corrected chi connectivity index (χ2v) is 6.17. The van der Waals surface area contributed by atoms with Crippen LogP contribution in [0.25, 0.3) is 0 Å². The first kappa shape index (κ1) is 16.6. The monoisotopic (exact) mass is 295 g/mol. The van der Waals surface area contributed by atoms with Crippen LogP contribution in [0.2, 0.25) is 0 Å². The van der Waals surface area contributed by atoms with Crippen LogP contribution in [0, 0.1) is 5.92 Å². The molecule has 2 N–H and O–H groups in total. The van der Waals surface area contributed by atoms with Crippen molar-refractivity contribution in [1.82, 2.24) is 5.32 Å². The Hall–Kier alpha value is -1.49. The predicted molar refractivity (Wildman–Crippen MR) is 80.8 cm³/mol. The maximum atomic E-state index is 11.7. The molecule has 0 unspecified atom stereocenters. The third kappa shape index (κ3) is 6.61. The minimum absolute atomic E-state index is 0.207. The zero-order valence-corrected chi connectivity index (χ0v) is 12.7. The van der Waals surface area contributed by atoms with Gasteiger partial charge in [0.1, 0.15) is 6.04 Å². The second kappa shape index (κ2) is 8.64. The van der Waals surface area contributed by atoms with Crippen molar-refractivity contribution < 1.29 is 14.7 Å². The standard InChI is InChI=1S/C15H21NO3S/c1-11(2)10-13(15(18)19)16-14(17)8-9-20-12-6-4-3-5-7-12/h3-7,11,13H,8-10H2,1-2H3,(H,16,17)(H,18,19)/t13-/m0/s1. The maximum Gasteiger partial charge on any atom is 0.326 e. The molecule has 0 heterocycles. The number of amides is 1. The van der Waals surface area contributed by atoms with Crippen LogP contribution in [-0.2, 0) is 9.59 Å². The van der Waals surface area contributed by atoms with Gasteiger partial charge in [-0.05, 0) is 24.5 Å². The van der Waals surface area contributed by atoms with E-state index in [9.17, 15) is 9.59 Å². The number of carbonyl (C=O) groups is 2. The lowest BCUT2D eigenvalue weighted by atomic mass is 10.0. The number of hydrogen-bond donors (Lipinski definition) is 2. The number of thioether (sulfide) groups is 1. The van der Waals surface area contributed by atoms with Crippen molar-refractivity contribution in [2.24, 2.45) is 5.92 Å². The van der Waals surface area contributed by atoms with Gasteiger partial charge in [-0.1, -0.05) is 32.0 Å². The molecule has 4 nitrogen and oxygen atoms in total. The molecule has 0 radical (unpaired) electrons. The Morgan fingerprint density at radius 1 is 1.25 bits per heavy atom. The van der Waals surface area contributed by atoms with Crippen LogP contribution in [0.15, 0.2) is 35.2 Å². The lowest BCUT2D eigenvalue weighted by Crippen LogP contribution is -2.41. The average molecular weight is 295 g/mol. The zero-order valence-electron chi connectivity index (χ0n) is 11.8. The molecule has 1 rings (SSSR count). The first-order valence-electron chi connectivity index (χ1n) is 6.69. The second-order valence-electron chi connectivity index (χ2n) is 5.00. The third-order valence-corrected chi connectivity index (χ3v) is 3.70. The van der Waals surface area contributed by atoms with Gasteiger partial charge in [0.05, 0.1) is 0 Å². The van der Waals surface area contributed by atoms with Crippen LogP contribution >= 0.6 is 11.8 Å².